The number of hydrogen-bond donors (Lipinski definition) is 1. The first-order chi connectivity index (χ1) is 19.2. The van der Waals surface area contributed by atoms with Gasteiger partial charge >= 0.3 is 6.09 Å². The highest BCUT2D eigenvalue weighted by Gasteiger charge is 2.50. The molecule has 0 bridgehead atoms. The number of halogens is 1. The van der Waals surface area contributed by atoms with Gasteiger partial charge in [-0.1, -0.05) is 54.6 Å². The number of benzene rings is 2. The second-order valence-electron chi connectivity index (χ2n) is 11.5. The molecule has 5 atom stereocenters. The highest BCUT2D eigenvalue weighted by atomic mass is 28.4. The molecule has 214 valence electrons. The molecule has 5 rings (SSSR count). The molecule has 40 heavy (non-hydrogen) atoms. The van der Waals surface area contributed by atoms with Gasteiger partial charge in [-0.2, -0.15) is 0 Å². The molecule has 10 heteroatoms. The topological polar surface area (TPSA) is 89.7 Å². The first-order valence-electron chi connectivity index (χ1n) is 14.2. The van der Waals surface area contributed by atoms with Crippen molar-refractivity contribution in [1.29, 1.82) is 0 Å². The van der Waals surface area contributed by atoms with E-state index in [-0.39, 0.29) is 42.3 Å². The van der Waals surface area contributed by atoms with Crippen molar-refractivity contribution < 1.29 is 23.5 Å². The summed E-state index contributed by atoms with van der Waals surface area (Å²) in [5, 5.41) is 18.6. The molecule has 1 unspecified atom stereocenters. The van der Waals surface area contributed by atoms with E-state index >= 15 is 4.11 Å². The predicted molar refractivity (Wildman–Crippen MR) is 154 cm³/mol. The molecule has 2 aliphatic heterocycles. The van der Waals surface area contributed by atoms with E-state index in [4.69, 9.17) is 9.47 Å². The number of rotatable bonds is 11. The van der Waals surface area contributed by atoms with Gasteiger partial charge < -0.3 is 18.7 Å². The second-order valence-corrected chi connectivity index (χ2v) is 15.3. The molecular weight excluding hydrogens is 527 g/mol. The molecule has 3 heterocycles. The first-order valence-corrected chi connectivity index (χ1v) is 17.1. The van der Waals surface area contributed by atoms with Crippen LogP contribution in [0.2, 0.25) is 18.6 Å². The summed E-state index contributed by atoms with van der Waals surface area (Å²) in [6, 6.07) is 17.8. The van der Waals surface area contributed by atoms with Crippen LogP contribution < -0.4 is 4.90 Å². The monoisotopic (exact) mass is 566 g/mol. The predicted octanol–water partition coefficient (Wildman–Crippen LogP) is 5.33. The smallest absolute Gasteiger partial charge is 0.414 e. The standard InChI is InChI=1S/C30H39FN4O4Si/c1-21-27(14-11-22-9-12-24(13-10-22)35-17-18-38-30(35)37)39-28(29(21)40(2,3)31)15-16-34-19-26(32-33-34)25(20-36)23-7-5-4-6-8-23/h4-10,12-13,19,21,25,27-29,36H,11,14-18,20H2,1-3H3/t21-,25?,27+,28-,29+/m0/s1. The number of ether oxygens (including phenoxy) is 2. The van der Waals surface area contributed by atoms with E-state index in [1.54, 1.807) is 22.7 Å². The minimum Gasteiger partial charge on any atom is -0.447 e. The second kappa shape index (κ2) is 12.2. The molecule has 1 N–H and O–H groups in total. The quantitative estimate of drug-likeness (QED) is 0.249. The van der Waals surface area contributed by atoms with Gasteiger partial charge in [0.1, 0.15) is 6.61 Å². The Morgan fingerprint density at radius 2 is 1.85 bits per heavy atom. The Morgan fingerprint density at radius 1 is 1.10 bits per heavy atom. The van der Waals surface area contributed by atoms with Crippen molar-refractivity contribution in [2.24, 2.45) is 5.92 Å². The number of aryl methyl sites for hydroxylation is 2. The fourth-order valence-corrected chi connectivity index (χ4v) is 8.92. The molecule has 2 aromatic carbocycles. The van der Waals surface area contributed by atoms with Gasteiger partial charge in [0.05, 0.1) is 37.0 Å². The van der Waals surface area contributed by atoms with E-state index in [2.05, 4.69) is 17.2 Å². The lowest BCUT2D eigenvalue weighted by Gasteiger charge is -2.28. The van der Waals surface area contributed by atoms with E-state index in [9.17, 15) is 9.90 Å². The van der Waals surface area contributed by atoms with Gasteiger partial charge in [-0.25, -0.2) is 4.79 Å². The third kappa shape index (κ3) is 6.29. The van der Waals surface area contributed by atoms with Crippen LogP contribution in [0.25, 0.3) is 0 Å². The van der Waals surface area contributed by atoms with Gasteiger partial charge in [0.15, 0.2) is 0 Å². The van der Waals surface area contributed by atoms with Gasteiger partial charge in [0, 0.05) is 24.0 Å². The molecule has 2 saturated heterocycles. The highest BCUT2D eigenvalue weighted by molar-refractivity contribution is 6.72. The first kappa shape index (κ1) is 28.4. The molecule has 2 aliphatic rings. The highest BCUT2D eigenvalue weighted by Crippen LogP contribution is 2.47. The number of aromatic nitrogens is 3. The normalized spacial score (nSPS) is 23.9. The summed E-state index contributed by atoms with van der Waals surface area (Å²) in [5.41, 5.74) is 3.62. The van der Waals surface area contributed by atoms with Gasteiger partial charge in [0.25, 0.3) is 0 Å². The van der Waals surface area contributed by atoms with Crippen LogP contribution in [0.1, 0.15) is 42.5 Å². The van der Waals surface area contributed by atoms with Crippen molar-refractivity contribution in [2.45, 2.75) is 69.5 Å². The van der Waals surface area contributed by atoms with Gasteiger partial charge in [-0.3, -0.25) is 9.58 Å². The summed E-state index contributed by atoms with van der Waals surface area (Å²) in [5.74, 6) is -0.108. The molecule has 3 aromatic rings. The van der Waals surface area contributed by atoms with Crippen LogP contribution >= 0.6 is 0 Å². The van der Waals surface area contributed by atoms with Crippen LogP contribution in [0.5, 0.6) is 0 Å². The zero-order valence-corrected chi connectivity index (χ0v) is 24.4. The number of carbonyl (C=O) groups is 1. The van der Waals surface area contributed by atoms with E-state index in [1.807, 2.05) is 60.8 Å². The van der Waals surface area contributed by atoms with Crippen LogP contribution in [-0.4, -0.2) is 66.6 Å². The number of amides is 1. The molecule has 0 radical (unpaired) electrons. The van der Waals surface area contributed by atoms with Crippen molar-refractivity contribution in [3.05, 3.63) is 77.6 Å². The molecule has 0 aliphatic carbocycles. The number of carbonyl (C=O) groups excluding carboxylic acids is 1. The largest absolute Gasteiger partial charge is 0.447 e. The minimum absolute atomic E-state index is 0.0195. The van der Waals surface area contributed by atoms with Crippen molar-refractivity contribution in [2.75, 3.05) is 24.7 Å². The average Bonchev–Trinajstić information content (AvgIpc) is 3.66. The average molecular weight is 567 g/mol. The van der Waals surface area contributed by atoms with Crippen LogP contribution in [0.4, 0.5) is 14.6 Å². The zero-order valence-electron chi connectivity index (χ0n) is 23.4. The summed E-state index contributed by atoms with van der Waals surface area (Å²) >= 11 is 0. The summed E-state index contributed by atoms with van der Waals surface area (Å²) in [6.45, 7) is 7.22. The molecule has 0 spiro atoms. The van der Waals surface area contributed by atoms with Crippen molar-refractivity contribution in [3.63, 3.8) is 0 Å². The van der Waals surface area contributed by atoms with Crippen molar-refractivity contribution in [1.82, 2.24) is 15.0 Å². The van der Waals surface area contributed by atoms with Crippen molar-refractivity contribution in [3.8, 4) is 0 Å². The summed E-state index contributed by atoms with van der Waals surface area (Å²) in [7, 11) is -2.98. The Bertz CT molecular complexity index is 1270. The lowest BCUT2D eigenvalue weighted by molar-refractivity contribution is 0.0247. The summed E-state index contributed by atoms with van der Waals surface area (Å²) < 4.78 is 28.9. The SMILES string of the molecule is C[C@@H]1[C@@H]([Si](C)(C)F)[C@H](CCn2cc(C(CO)c3ccccc3)nn2)O[C@@H]1CCc1ccc(N2CCOC2=O)cc1. The fourth-order valence-electron chi connectivity index (χ4n) is 6.32. The van der Waals surface area contributed by atoms with Gasteiger partial charge in [-0.05, 0) is 61.5 Å². The Kier molecular flexibility index (Phi) is 8.67. The van der Waals surface area contributed by atoms with E-state index in [0.29, 0.717) is 26.1 Å². The maximum Gasteiger partial charge on any atom is 0.414 e. The van der Waals surface area contributed by atoms with E-state index in [1.165, 1.54) is 0 Å². The number of anilines is 1. The molecule has 1 amide bonds. The maximum absolute atomic E-state index is 15.6. The molecule has 1 aromatic heterocycles. The fraction of sp³-hybridized carbons (Fsp3) is 0.500. The number of nitrogens with zero attached hydrogens (tertiary/aromatic N) is 4. The lowest BCUT2D eigenvalue weighted by Crippen LogP contribution is -2.36. The maximum atomic E-state index is 15.6. The molecule has 8 nitrogen and oxygen atoms in total. The number of aliphatic hydroxyl groups excluding tert-OH is 1. The Hall–Kier alpha value is -3.08. The third-order valence-corrected chi connectivity index (χ3v) is 10.8. The molecule has 0 saturated carbocycles. The van der Waals surface area contributed by atoms with E-state index < -0.39 is 8.41 Å². The Labute approximate surface area is 236 Å². The van der Waals surface area contributed by atoms with Crippen molar-refractivity contribution >= 4 is 20.2 Å². The van der Waals surface area contributed by atoms with Crippen LogP contribution in [0.3, 0.4) is 0 Å². The minimum atomic E-state index is -2.98. The third-order valence-electron chi connectivity index (χ3n) is 8.36. The van der Waals surface area contributed by atoms with Crippen LogP contribution in [-0.2, 0) is 22.4 Å². The number of cyclic esters (lactones) is 1. The van der Waals surface area contributed by atoms with Crippen LogP contribution in [0, 0.1) is 5.92 Å². The zero-order chi connectivity index (χ0) is 28.3. The number of hydrogen-bond acceptors (Lipinski definition) is 6. The summed E-state index contributed by atoms with van der Waals surface area (Å²) in [6.07, 6.45) is 3.67. The van der Waals surface area contributed by atoms with Crippen LogP contribution in [0.15, 0.2) is 60.8 Å². The lowest BCUT2D eigenvalue weighted by atomic mass is 9.95. The van der Waals surface area contributed by atoms with E-state index in [0.717, 1.165) is 35.3 Å². The number of aliphatic hydroxyl groups is 1. The van der Waals surface area contributed by atoms with Gasteiger partial charge in [0.2, 0.25) is 8.41 Å². The summed E-state index contributed by atoms with van der Waals surface area (Å²) in [4.78, 5) is 13.5. The molecular formula is C30H39FN4O4Si. The molecule has 2 fully saturated rings. The Morgan fingerprint density at radius 3 is 2.50 bits per heavy atom. The van der Waals surface area contributed by atoms with Gasteiger partial charge in [-0.15, -0.1) is 5.10 Å². The Balaban J connectivity index is 1.20.